The Morgan fingerprint density at radius 2 is 2.05 bits per heavy atom. The third kappa shape index (κ3) is 3.43. The van der Waals surface area contributed by atoms with Crippen molar-refractivity contribution in [2.75, 3.05) is 23.7 Å². The predicted octanol–water partition coefficient (Wildman–Crippen LogP) is 3.17. The van der Waals surface area contributed by atoms with Gasteiger partial charge in [-0.3, -0.25) is 0 Å². The van der Waals surface area contributed by atoms with Gasteiger partial charge in [0.05, 0.1) is 6.33 Å². The smallest absolute Gasteiger partial charge is 0.226 e. The summed E-state index contributed by atoms with van der Waals surface area (Å²) < 4.78 is 0. The van der Waals surface area contributed by atoms with Crippen molar-refractivity contribution < 1.29 is 0 Å². The van der Waals surface area contributed by atoms with E-state index in [2.05, 4.69) is 37.5 Å². The van der Waals surface area contributed by atoms with Crippen LogP contribution in [0.5, 0.6) is 0 Å². The lowest BCUT2D eigenvalue weighted by Crippen LogP contribution is -2.18. The van der Waals surface area contributed by atoms with Gasteiger partial charge < -0.3 is 15.6 Å². The minimum Gasteiger partial charge on any atom is -0.368 e. The average Bonchev–Trinajstić information content (AvgIpc) is 3.00. The molecule has 1 aliphatic rings. The Morgan fingerprint density at radius 3 is 2.86 bits per heavy atom. The molecule has 0 spiro atoms. The summed E-state index contributed by atoms with van der Waals surface area (Å²) >= 11 is 0. The fraction of sp³-hybridized carbons (Fsp3) is 0.667. The van der Waals surface area contributed by atoms with Crippen LogP contribution in [0.25, 0.3) is 11.2 Å². The van der Waals surface area contributed by atoms with Crippen LogP contribution in [0, 0.1) is 5.92 Å². The number of aromatic nitrogens is 4. The second-order valence-corrected chi connectivity index (χ2v) is 5.81. The van der Waals surface area contributed by atoms with Crippen LogP contribution in [-0.4, -0.2) is 33.0 Å². The molecule has 2 aromatic rings. The van der Waals surface area contributed by atoms with Crippen LogP contribution in [0.4, 0.5) is 11.8 Å². The summed E-state index contributed by atoms with van der Waals surface area (Å²) in [5.74, 6) is 2.28. The zero-order valence-electron chi connectivity index (χ0n) is 12.7. The number of fused-ring (bicyclic) bond motifs is 1. The van der Waals surface area contributed by atoms with Gasteiger partial charge in [-0.1, -0.05) is 26.2 Å². The molecule has 0 radical (unpaired) electrons. The molecule has 1 saturated carbocycles. The minimum absolute atomic E-state index is 0.655. The van der Waals surface area contributed by atoms with Crippen molar-refractivity contribution in [3.05, 3.63) is 6.33 Å². The first kappa shape index (κ1) is 14.1. The van der Waals surface area contributed by atoms with Gasteiger partial charge in [0.2, 0.25) is 5.95 Å². The van der Waals surface area contributed by atoms with E-state index < -0.39 is 0 Å². The third-order valence-electron chi connectivity index (χ3n) is 4.10. The van der Waals surface area contributed by atoms with E-state index >= 15 is 0 Å². The van der Waals surface area contributed by atoms with Crippen molar-refractivity contribution in [2.45, 2.75) is 45.4 Å². The Hall–Kier alpha value is -1.85. The van der Waals surface area contributed by atoms with Crippen LogP contribution in [0.15, 0.2) is 6.33 Å². The number of nitrogens with one attached hydrogen (secondary N) is 3. The topological polar surface area (TPSA) is 78.5 Å². The highest BCUT2D eigenvalue weighted by atomic mass is 15.2. The Bertz CT molecular complexity index is 573. The highest BCUT2D eigenvalue weighted by Gasteiger charge is 2.15. The van der Waals surface area contributed by atoms with Gasteiger partial charge in [-0.2, -0.15) is 9.97 Å². The molecule has 0 unspecified atom stereocenters. The van der Waals surface area contributed by atoms with Gasteiger partial charge in [0.1, 0.15) is 5.52 Å². The van der Waals surface area contributed by atoms with E-state index in [1.807, 2.05) is 0 Å². The molecular weight excluding hydrogens is 264 g/mol. The molecule has 21 heavy (non-hydrogen) atoms. The Labute approximate surface area is 125 Å². The summed E-state index contributed by atoms with van der Waals surface area (Å²) in [5, 5.41) is 6.74. The maximum absolute atomic E-state index is 4.59. The fourth-order valence-corrected chi connectivity index (χ4v) is 2.91. The van der Waals surface area contributed by atoms with E-state index in [1.165, 1.54) is 32.1 Å². The van der Waals surface area contributed by atoms with Crippen molar-refractivity contribution in [3.8, 4) is 0 Å². The van der Waals surface area contributed by atoms with Gasteiger partial charge in [-0.25, -0.2) is 4.98 Å². The van der Waals surface area contributed by atoms with Crippen molar-refractivity contribution in [2.24, 2.45) is 5.92 Å². The number of nitrogens with zero attached hydrogens (tertiary/aromatic N) is 3. The molecule has 0 amide bonds. The van der Waals surface area contributed by atoms with Gasteiger partial charge in [0, 0.05) is 13.1 Å². The molecule has 6 heteroatoms. The average molecular weight is 288 g/mol. The van der Waals surface area contributed by atoms with E-state index in [4.69, 9.17) is 0 Å². The molecular formula is C15H24N6. The van der Waals surface area contributed by atoms with Gasteiger partial charge >= 0.3 is 0 Å². The largest absolute Gasteiger partial charge is 0.368 e. The molecule has 6 nitrogen and oxygen atoms in total. The lowest BCUT2D eigenvalue weighted by Gasteiger charge is -2.22. The molecule has 0 bridgehead atoms. The number of hydrogen-bond acceptors (Lipinski definition) is 5. The molecule has 0 aliphatic heterocycles. The maximum Gasteiger partial charge on any atom is 0.226 e. The van der Waals surface area contributed by atoms with E-state index in [9.17, 15) is 0 Å². The molecule has 2 aromatic heterocycles. The molecule has 3 N–H and O–H groups in total. The first-order valence-electron chi connectivity index (χ1n) is 8.05. The van der Waals surface area contributed by atoms with Crippen molar-refractivity contribution in [1.29, 1.82) is 0 Å². The molecule has 0 saturated heterocycles. The van der Waals surface area contributed by atoms with E-state index in [0.29, 0.717) is 5.95 Å². The zero-order chi connectivity index (χ0) is 14.5. The Kier molecular flexibility index (Phi) is 4.52. The fourth-order valence-electron chi connectivity index (χ4n) is 2.91. The Balaban J connectivity index is 1.73. The molecule has 0 aromatic carbocycles. The molecule has 3 rings (SSSR count). The van der Waals surface area contributed by atoms with Gasteiger partial charge in [-0.05, 0) is 25.2 Å². The monoisotopic (exact) mass is 288 g/mol. The van der Waals surface area contributed by atoms with Crippen LogP contribution in [0.1, 0.15) is 45.4 Å². The standard InChI is InChI=1S/C15H24N6/c1-2-8-16-15-20-13(12-14(21-15)19-10-18-12)17-9-11-6-4-3-5-7-11/h10-11H,2-9H2,1H3,(H3,16,17,18,19,20,21). The molecule has 114 valence electrons. The number of aromatic amines is 1. The highest BCUT2D eigenvalue weighted by Crippen LogP contribution is 2.25. The minimum atomic E-state index is 0.655. The van der Waals surface area contributed by atoms with Crippen molar-refractivity contribution in [3.63, 3.8) is 0 Å². The number of H-pyrrole nitrogens is 1. The molecule has 1 aliphatic carbocycles. The van der Waals surface area contributed by atoms with Crippen LogP contribution in [-0.2, 0) is 0 Å². The number of rotatable bonds is 6. The Morgan fingerprint density at radius 1 is 1.19 bits per heavy atom. The number of imidazole rings is 1. The second-order valence-electron chi connectivity index (χ2n) is 5.81. The maximum atomic E-state index is 4.59. The summed E-state index contributed by atoms with van der Waals surface area (Å²) in [6, 6.07) is 0. The van der Waals surface area contributed by atoms with E-state index in [1.54, 1.807) is 6.33 Å². The highest BCUT2D eigenvalue weighted by molar-refractivity contribution is 5.83. The van der Waals surface area contributed by atoms with Crippen molar-refractivity contribution in [1.82, 2.24) is 19.9 Å². The lowest BCUT2D eigenvalue weighted by molar-refractivity contribution is 0.373. The van der Waals surface area contributed by atoms with Gasteiger partial charge in [-0.15, -0.1) is 0 Å². The number of anilines is 2. The van der Waals surface area contributed by atoms with Crippen LogP contribution < -0.4 is 10.6 Å². The first-order chi connectivity index (χ1) is 10.4. The normalized spacial score (nSPS) is 16.2. The summed E-state index contributed by atoms with van der Waals surface area (Å²) in [6.07, 6.45) is 9.48. The molecule has 0 atom stereocenters. The lowest BCUT2D eigenvalue weighted by atomic mass is 9.89. The number of hydrogen-bond donors (Lipinski definition) is 3. The molecule has 2 heterocycles. The third-order valence-corrected chi connectivity index (χ3v) is 4.10. The van der Waals surface area contributed by atoms with Gasteiger partial charge in [0.15, 0.2) is 11.5 Å². The zero-order valence-corrected chi connectivity index (χ0v) is 12.7. The second kappa shape index (κ2) is 6.74. The van der Waals surface area contributed by atoms with Crippen LogP contribution in [0.2, 0.25) is 0 Å². The molecule has 1 fully saturated rings. The van der Waals surface area contributed by atoms with Crippen molar-refractivity contribution >= 4 is 22.9 Å². The predicted molar refractivity (Wildman–Crippen MR) is 85.5 cm³/mol. The van der Waals surface area contributed by atoms with E-state index in [-0.39, 0.29) is 0 Å². The summed E-state index contributed by atoms with van der Waals surface area (Å²) in [4.78, 5) is 16.4. The SMILES string of the molecule is CCCNc1nc(NCC2CCCCC2)c2[nH]cnc2n1. The summed E-state index contributed by atoms with van der Waals surface area (Å²) in [6.45, 7) is 3.98. The van der Waals surface area contributed by atoms with Crippen LogP contribution in [0.3, 0.4) is 0 Å². The van der Waals surface area contributed by atoms with Gasteiger partial charge in [0.25, 0.3) is 0 Å². The quantitative estimate of drug-likeness (QED) is 0.761. The first-order valence-corrected chi connectivity index (χ1v) is 8.05. The van der Waals surface area contributed by atoms with E-state index in [0.717, 1.165) is 42.4 Å². The summed E-state index contributed by atoms with van der Waals surface area (Å²) in [5.41, 5.74) is 1.61. The summed E-state index contributed by atoms with van der Waals surface area (Å²) in [7, 11) is 0. The van der Waals surface area contributed by atoms with Crippen LogP contribution >= 0.6 is 0 Å².